The van der Waals surface area contributed by atoms with Gasteiger partial charge in [-0.05, 0) is 99.0 Å². The van der Waals surface area contributed by atoms with Crippen molar-refractivity contribution in [2.45, 2.75) is 0 Å². The third-order valence-electron chi connectivity index (χ3n) is 12.1. The molecule has 0 aromatic heterocycles. The molecule has 10 heteroatoms. The molecule has 0 bridgehead atoms. The first kappa shape index (κ1) is 53.3. The summed E-state index contributed by atoms with van der Waals surface area (Å²) in [6.07, 6.45) is 0. The minimum atomic E-state index is -0.118. The van der Waals surface area contributed by atoms with E-state index in [-0.39, 0.29) is 118 Å². The molecular weight excluding hydrogens is 926 g/mol. The minimum absolute atomic E-state index is 0. The molecule has 0 saturated heterocycles. The van der Waals surface area contributed by atoms with E-state index >= 15 is 0 Å². The topological polar surface area (TPSA) is 135 Å². The molecule has 0 aliphatic heterocycles. The molecule has 12 aromatic carbocycles. The second-order valence-corrected chi connectivity index (χ2v) is 16.0. The van der Waals surface area contributed by atoms with Crippen LogP contribution in [0.3, 0.4) is 0 Å². The van der Waals surface area contributed by atoms with Gasteiger partial charge in [-0.1, -0.05) is 206 Å². The van der Waals surface area contributed by atoms with Crippen LogP contribution in [0, 0.1) is 0 Å². The monoisotopic (exact) mass is 965 g/mol. The molecule has 0 aliphatic carbocycles. The number of benzene rings is 12. The number of fused-ring (bicyclic) bond motifs is 6. The molecule has 0 atom stereocenters. The van der Waals surface area contributed by atoms with Crippen molar-refractivity contribution in [3.63, 3.8) is 0 Å². The van der Waals surface area contributed by atoms with Crippen LogP contribution in [0.1, 0.15) is 0 Å². The van der Waals surface area contributed by atoms with Crippen LogP contribution in [-0.4, -0.2) is 29.1 Å². The summed E-state index contributed by atoms with van der Waals surface area (Å²) >= 11 is 0. The molecular formula is C60H39Li3O6Y-. The summed E-state index contributed by atoms with van der Waals surface area (Å²) in [4.78, 5) is 0. The van der Waals surface area contributed by atoms with Crippen molar-refractivity contribution in [2.24, 2.45) is 0 Å². The van der Waals surface area contributed by atoms with E-state index in [2.05, 4.69) is 0 Å². The van der Waals surface area contributed by atoms with Crippen LogP contribution < -0.4 is 58.1 Å². The Morgan fingerprint density at radius 3 is 0.800 bits per heavy atom. The van der Waals surface area contributed by atoms with Crippen LogP contribution in [-0.2, 0) is 32.7 Å². The van der Waals surface area contributed by atoms with E-state index in [1.165, 1.54) is 0 Å². The van der Waals surface area contributed by atoms with Crippen LogP contribution >= 0.6 is 0 Å². The number of hydrogen-bond acceptors (Lipinski definition) is 5. The predicted octanol–water partition coefficient (Wildman–Crippen LogP) is 6.04. The second kappa shape index (κ2) is 23.2. The molecule has 0 fully saturated rings. The summed E-state index contributed by atoms with van der Waals surface area (Å²) in [6, 6.07) is 67.3. The van der Waals surface area contributed by atoms with Crippen LogP contribution in [0.25, 0.3) is 98.0 Å². The largest absolute Gasteiger partial charge is 1.00 e. The predicted molar refractivity (Wildman–Crippen MR) is 269 cm³/mol. The third-order valence-corrected chi connectivity index (χ3v) is 12.1. The molecule has 0 heterocycles. The molecule has 12 aromatic rings. The summed E-state index contributed by atoms with van der Waals surface area (Å²) in [6.45, 7) is 0. The van der Waals surface area contributed by atoms with Crippen molar-refractivity contribution in [3.05, 3.63) is 218 Å². The third kappa shape index (κ3) is 10.2. The number of phenolic OH excluding ortho intramolecular Hbond substituents is 1. The zero-order chi connectivity index (χ0) is 45.3. The van der Waals surface area contributed by atoms with Gasteiger partial charge in [0.25, 0.3) is 5.75 Å². The molecule has 2 radical (unpaired) electrons. The Morgan fingerprint density at radius 2 is 0.486 bits per heavy atom. The van der Waals surface area contributed by atoms with Crippen LogP contribution in [0.5, 0.6) is 34.5 Å². The first-order valence-electron chi connectivity index (χ1n) is 21.5. The van der Waals surface area contributed by atoms with Crippen molar-refractivity contribution in [3.8, 4) is 67.9 Å². The van der Waals surface area contributed by atoms with Crippen molar-refractivity contribution >= 4 is 83.5 Å². The minimum Gasteiger partial charge on any atom is -0.872 e. The first-order chi connectivity index (χ1) is 32.3. The summed E-state index contributed by atoms with van der Waals surface area (Å²) in [5.41, 5.74) is 3.52. The van der Waals surface area contributed by atoms with Gasteiger partial charge in [-0.2, -0.15) is 0 Å². The van der Waals surface area contributed by atoms with E-state index in [0.717, 1.165) is 70.2 Å². The number of rotatable bonds is 3. The van der Waals surface area contributed by atoms with Crippen molar-refractivity contribution in [1.82, 2.24) is 0 Å². The van der Waals surface area contributed by atoms with Crippen LogP contribution in [0.2, 0.25) is 0 Å². The maximum atomic E-state index is 12.5. The Morgan fingerprint density at radius 1 is 0.271 bits per heavy atom. The molecule has 6 nitrogen and oxygen atoms in total. The molecule has 12 rings (SSSR count). The second-order valence-electron chi connectivity index (χ2n) is 16.0. The van der Waals surface area contributed by atoms with Crippen LogP contribution in [0.15, 0.2) is 218 Å². The fraction of sp³-hybridized carbons (Fsp3) is 0. The molecule has 0 saturated carbocycles. The van der Waals surface area contributed by atoms with Gasteiger partial charge in [-0.15, -0.1) is 17.2 Å². The first-order valence-corrected chi connectivity index (χ1v) is 21.5. The Kier molecular flexibility index (Phi) is 17.7. The van der Waals surface area contributed by atoms with Gasteiger partial charge in [-0.25, -0.2) is 0 Å². The Labute approximate surface area is 466 Å². The smallest absolute Gasteiger partial charge is 0.872 e. The number of hydrogen-bond donors (Lipinski definition) is 1. The molecule has 3 N–H and O–H groups in total. The summed E-state index contributed by atoms with van der Waals surface area (Å²) in [5.74, 6) is 0.160. The zero-order valence-electron chi connectivity index (χ0n) is 38.9. The van der Waals surface area contributed by atoms with E-state index < -0.39 is 0 Å². The maximum absolute atomic E-state index is 12.5. The zero-order valence-corrected chi connectivity index (χ0v) is 41.8. The average Bonchev–Trinajstić information content (AvgIpc) is 3.35. The summed E-state index contributed by atoms with van der Waals surface area (Å²) < 4.78 is 0. The van der Waals surface area contributed by atoms with Gasteiger partial charge in [0.2, 0.25) is 0 Å². The number of aromatic hydroxyl groups is 1. The molecule has 0 aliphatic rings. The van der Waals surface area contributed by atoms with E-state index in [4.69, 9.17) is 5.11 Å². The van der Waals surface area contributed by atoms with E-state index in [0.29, 0.717) is 33.6 Å². The Balaban J connectivity index is 0.000000167. The summed E-state index contributed by atoms with van der Waals surface area (Å²) in [7, 11) is 0. The normalized spacial score (nSPS) is 10.5. The quantitative estimate of drug-likeness (QED) is 0.170. The van der Waals surface area contributed by atoms with Gasteiger partial charge in [-0.3, -0.25) is 0 Å². The van der Waals surface area contributed by atoms with Crippen molar-refractivity contribution < 1.29 is 101 Å². The Hall–Kier alpha value is -6.10. The van der Waals surface area contributed by atoms with Gasteiger partial charge in [0.15, 0.2) is 0 Å². The van der Waals surface area contributed by atoms with Gasteiger partial charge >= 0.3 is 37.7 Å². The van der Waals surface area contributed by atoms with Crippen molar-refractivity contribution in [1.29, 1.82) is 0 Å². The van der Waals surface area contributed by atoms with E-state index in [1.807, 2.05) is 170 Å². The summed E-state index contributed by atoms with van der Waals surface area (Å²) in [5, 5.41) is 80.0. The fourth-order valence-electron chi connectivity index (χ4n) is 9.10. The molecule has 70 heavy (non-hydrogen) atoms. The molecule has 0 amide bonds. The Bertz CT molecular complexity index is 3180. The molecule has 0 unspecified atom stereocenters. The molecule has 0 spiro atoms. The standard InChI is InChI=1S/3C20H14O2.3Li.Y/c3*21-17-11-9-13-5-1-3-7-15(13)19(17)20-16-8-4-2-6-14(16)10-12-18(20)22;;;;/h3*1-12,21-22H;;;;/q;;;;2*+1;/p-3. The van der Waals surface area contributed by atoms with Crippen LogP contribution in [0.4, 0.5) is 0 Å². The van der Waals surface area contributed by atoms with Gasteiger partial charge in [0, 0.05) is 63.2 Å². The van der Waals surface area contributed by atoms with E-state index in [9.17, 15) is 25.5 Å². The van der Waals surface area contributed by atoms with Gasteiger partial charge in [0.05, 0.1) is 5.56 Å². The van der Waals surface area contributed by atoms with Crippen molar-refractivity contribution in [2.75, 3.05) is 0 Å². The van der Waals surface area contributed by atoms with E-state index in [1.54, 1.807) is 48.5 Å². The van der Waals surface area contributed by atoms with Gasteiger partial charge < -0.3 is 30.6 Å². The molecule has 322 valence electrons. The SMILES string of the molecule is [Li+].[Li+].[Li].[O-]c1ccc2ccccc2c1-c1c(O)ccc2ccccc12.[O-]c1ccc2ccccc2c1-c1c([O-])ccc2ccccc12.[O-]c1ccc2ccccc2c1-c1c([OH2+])ccc2ccccc12.[Y]. The van der Waals surface area contributed by atoms with Gasteiger partial charge in [0.1, 0.15) is 5.75 Å². The average molecular weight is 966 g/mol. The number of phenols is 1. The maximum Gasteiger partial charge on any atom is 1.00 e. The fourth-order valence-corrected chi connectivity index (χ4v) is 9.10.